The third-order valence-corrected chi connectivity index (χ3v) is 7.68. The maximum absolute atomic E-state index is 15.1. The van der Waals surface area contributed by atoms with Crippen LogP contribution in [0.5, 0.6) is 11.6 Å². The standard InChI is InChI=1S/C29H25FN4O5S/c1-16-8-18(27-21(9-16)32-26(37-2)12-31-27)28-33-20-10-19(30)23(11-25(20)40-28)39-24-14-34(13-22(24)35)29(36)38-15-17-6-4-3-5-7-17/h3-12,22,24,35H,13-15H2,1-2H3/t22-,24-/m1/s1. The number of nitrogens with zero attached hydrogens (tertiary/aromatic N) is 4. The van der Waals surface area contributed by atoms with Gasteiger partial charge in [0, 0.05) is 17.7 Å². The van der Waals surface area contributed by atoms with Crippen molar-refractivity contribution in [2.24, 2.45) is 0 Å². The molecule has 2 atom stereocenters. The Bertz CT molecular complexity index is 1710. The molecule has 0 saturated carbocycles. The monoisotopic (exact) mass is 560 g/mol. The number of hydrogen-bond donors (Lipinski definition) is 1. The number of benzene rings is 3. The summed E-state index contributed by atoms with van der Waals surface area (Å²) in [6, 6.07) is 16.1. The largest absolute Gasteiger partial charge is 0.483 e. The number of halogens is 1. The number of β-amino-alcohol motifs (C(OH)–C–C–N with tert-alkyl or cyclic N) is 1. The van der Waals surface area contributed by atoms with E-state index in [9.17, 15) is 9.90 Å². The van der Waals surface area contributed by atoms with Gasteiger partial charge < -0.3 is 24.2 Å². The van der Waals surface area contributed by atoms with Gasteiger partial charge in [-0.2, -0.15) is 0 Å². The molecule has 1 aliphatic rings. The lowest BCUT2D eigenvalue weighted by atomic mass is 10.1. The number of likely N-dealkylation sites (tertiary alicyclic amines) is 1. The zero-order valence-corrected chi connectivity index (χ0v) is 22.5. The van der Waals surface area contributed by atoms with Crippen molar-refractivity contribution in [3.05, 3.63) is 77.7 Å². The fourth-order valence-corrected chi connectivity index (χ4v) is 5.63. The second kappa shape index (κ2) is 10.7. The fourth-order valence-electron chi connectivity index (χ4n) is 4.64. The average molecular weight is 561 g/mol. The summed E-state index contributed by atoms with van der Waals surface area (Å²) in [6.45, 7) is 2.17. The Morgan fingerprint density at radius 1 is 1.12 bits per heavy atom. The first-order chi connectivity index (χ1) is 19.4. The van der Waals surface area contributed by atoms with Crippen LogP contribution < -0.4 is 9.47 Å². The van der Waals surface area contributed by atoms with E-state index in [1.54, 1.807) is 12.3 Å². The molecular weight excluding hydrogens is 535 g/mol. The van der Waals surface area contributed by atoms with Crippen molar-refractivity contribution < 1.29 is 28.5 Å². The average Bonchev–Trinajstić information content (AvgIpc) is 3.54. The highest BCUT2D eigenvalue weighted by Crippen LogP contribution is 2.37. The molecule has 1 amide bonds. The van der Waals surface area contributed by atoms with Crippen LogP contribution in [0.1, 0.15) is 11.1 Å². The van der Waals surface area contributed by atoms with Crippen LogP contribution in [0.4, 0.5) is 9.18 Å². The van der Waals surface area contributed by atoms with Crippen molar-refractivity contribution in [3.8, 4) is 22.2 Å². The molecule has 0 radical (unpaired) electrons. The van der Waals surface area contributed by atoms with Crippen LogP contribution >= 0.6 is 11.3 Å². The second-order valence-corrected chi connectivity index (χ2v) is 10.6. The maximum atomic E-state index is 15.1. The summed E-state index contributed by atoms with van der Waals surface area (Å²) in [5.41, 5.74) is 4.42. The number of aromatic nitrogens is 3. The molecule has 3 heterocycles. The summed E-state index contributed by atoms with van der Waals surface area (Å²) in [6.07, 6.45) is -0.823. The van der Waals surface area contributed by atoms with E-state index in [2.05, 4.69) is 15.0 Å². The van der Waals surface area contributed by atoms with Gasteiger partial charge in [0.05, 0.1) is 47.6 Å². The highest BCUT2D eigenvalue weighted by Gasteiger charge is 2.37. The fraction of sp³-hybridized carbons (Fsp3) is 0.241. The molecule has 2 aromatic heterocycles. The first kappa shape index (κ1) is 25.9. The van der Waals surface area contributed by atoms with E-state index in [0.717, 1.165) is 16.7 Å². The molecule has 204 valence electrons. The molecule has 1 N–H and O–H groups in total. The van der Waals surface area contributed by atoms with E-state index in [0.29, 0.717) is 32.1 Å². The first-order valence-electron chi connectivity index (χ1n) is 12.6. The normalized spacial score (nSPS) is 16.9. The van der Waals surface area contributed by atoms with Crippen LogP contribution in [0.3, 0.4) is 0 Å². The second-order valence-electron chi connectivity index (χ2n) is 9.53. The minimum atomic E-state index is -0.995. The highest BCUT2D eigenvalue weighted by molar-refractivity contribution is 7.21. The lowest BCUT2D eigenvalue weighted by molar-refractivity contribution is 0.0710. The van der Waals surface area contributed by atoms with Crippen LogP contribution in [-0.2, 0) is 11.3 Å². The topological polar surface area (TPSA) is 107 Å². The van der Waals surface area contributed by atoms with E-state index < -0.39 is 24.1 Å². The van der Waals surface area contributed by atoms with Gasteiger partial charge in [-0.3, -0.25) is 0 Å². The number of rotatable bonds is 6. The van der Waals surface area contributed by atoms with Crippen LogP contribution in [0.25, 0.3) is 31.8 Å². The summed E-state index contributed by atoms with van der Waals surface area (Å²) >= 11 is 1.37. The zero-order valence-electron chi connectivity index (χ0n) is 21.7. The molecule has 0 spiro atoms. The summed E-state index contributed by atoms with van der Waals surface area (Å²) < 4.78 is 32.2. The predicted octanol–water partition coefficient (Wildman–Crippen LogP) is 5.12. The molecular formula is C29H25FN4O5S. The van der Waals surface area contributed by atoms with Crippen LogP contribution in [0, 0.1) is 12.7 Å². The van der Waals surface area contributed by atoms with Crippen molar-refractivity contribution in [2.75, 3.05) is 20.2 Å². The number of aryl methyl sites for hydroxylation is 1. The molecule has 3 aromatic carbocycles. The SMILES string of the molecule is COc1cnc2c(-c3nc4cc(F)c(O[C@@H]5CN(C(=O)OCc6ccccc6)C[C@H]5O)cc4s3)cc(C)cc2n1. The molecule has 0 aliphatic carbocycles. The van der Waals surface area contributed by atoms with Crippen LogP contribution in [0.15, 0.2) is 60.8 Å². The minimum absolute atomic E-state index is 0.0233. The van der Waals surface area contributed by atoms with Gasteiger partial charge in [-0.1, -0.05) is 30.3 Å². The number of methoxy groups -OCH3 is 1. The number of hydrogen-bond acceptors (Lipinski definition) is 9. The van der Waals surface area contributed by atoms with Crippen LogP contribution in [0.2, 0.25) is 0 Å². The summed E-state index contributed by atoms with van der Waals surface area (Å²) in [5, 5.41) is 11.2. The molecule has 0 bridgehead atoms. The van der Waals surface area contributed by atoms with E-state index >= 15 is 4.39 Å². The van der Waals surface area contributed by atoms with Gasteiger partial charge in [0.25, 0.3) is 0 Å². The van der Waals surface area contributed by atoms with Gasteiger partial charge >= 0.3 is 6.09 Å². The Kier molecular flexibility index (Phi) is 6.91. The van der Waals surface area contributed by atoms with Crippen molar-refractivity contribution in [3.63, 3.8) is 0 Å². The number of ether oxygens (including phenoxy) is 3. The Balaban J connectivity index is 1.21. The third kappa shape index (κ3) is 5.13. The number of aliphatic hydroxyl groups is 1. The molecule has 5 aromatic rings. The van der Waals surface area contributed by atoms with E-state index in [-0.39, 0.29) is 25.4 Å². The van der Waals surface area contributed by atoms with E-state index in [1.807, 2.05) is 49.4 Å². The predicted molar refractivity (Wildman–Crippen MR) is 148 cm³/mol. The lowest BCUT2D eigenvalue weighted by Gasteiger charge is -2.17. The van der Waals surface area contributed by atoms with Gasteiger partial charge in [0.2, 0.25) is 5.88 Å². The number of amides is 1. The lowest BCUT2D eigenvalue weighted by Crippen LogP contribution is -2.31. The third-order valence-electron chi connectivity index (χ3n) is 6.63. The molecule has 6 rings (SSSR count). The molecule has 0 unspecified atom stereocenters. The van der Waals surface area contributed by atoms with Gasteiger partial charge in [-0.05, 0) is 30.2 Å². The smallest absolute Gasteiger partial charge is 0.410 e. The Morgan fingerprint density at radius 2 is 1.95 bits per heavy atom. The Hall–Kier alpha value is -4.35. The minimum Gasteiger partial charge on any atom is -0.483 e. The summed E-state index contributed by atoms with van der Waals surface area (Å²) in [7, 11) is 1.54. The number of aliphatic hydroxyl groups excluding tert-OH is 1. The molecule has 40 heavy (non-hydrogen) atoms. The highest BCUT2D eigenvalue weighted by atomic mass is 32.1. The number of carbonyl (C=O) groups excluding carboxylic acids is 1. The van der Waals surface area contributed by atoms with Crippen molar-refractivity contribution >= 4 is 38.7 Å². The Labute approximate surface area is 232 Å². The van der Waals surface area contributed by atoms with Gasteiger partial charge in [0.15, 0.2) is 11.6 Å². The summed E-state index contributed by atoms with van der Waals surface area (Å²) in [4.78, 5) is 27.5. The number of carbonyl (C=O) groups is 1. The van der Waals surface area contributed by atoms with Gasteiger partial charge in [-0.25, -0.2) is 24.1 Å². The summed E-state index contributed by atoms with van der Waals surface area (Å²) in [5.74, 6) is -0.223. The number of thiazole rings is 1. The molecule has 1 aliphatic heterocycles. The maximum Gasteiger partial charge on any atom is 0.410 e. The van der Waals surface area contributed by atoms with E-state index in [4.69, 9.17) is 14.2 Å². The van der Waals surface area contributed by atoms with E-state index in [1.165, 1.54) is 29.4 Å². The Morgan fingerprint density at radius 3 is 2.75 bits per heavy atom. The zero-order chi connectivity index (χ0) is 27.8. The van der Waals surface area contributed by atoms with Crippen molar-refractivity contribution in [1.29, 1.82) is 0 Å². The van der Waals surface area contributed by atoms with Crippen LogP contribution in [-0.4, -0.2) is 63.5 Å². The van der Waals surface area contributed by atoms with Gasteiger partial charge in [-0.15, -0.1) is 11.3 Å². The molecule has 9 nitrogen and oxygen atoms in total. The van der Waals surface area contributed by atoms with Crippen molar-refractivity contribution in [2.45, 2.75) is 25.7 Å². The molecule has 11 heteroatoms. The number of fused-ring (bicyclic) bond motifs is 2. The van der Waals surface area contributed by atoms with Gasteiger partial charge in [0.1, 0.15) is 23.8 Å². The quantitative estimate of drug-likeness (QED) is 0.305. The molecule has 1 saturated heterocycles. The first-order valence-corrected chi connectivity index (χ1v) is 13.4. The van der Waals surface area contributed by atoms with Crippen molar-refractivity contribution in [1.82, 2.24) is 19.9 Å². The molecule has 1 fully saturated rings.